The van der Waals surface area contributed by atoms with E-state index >= 15 is 0 Å². The monoisotopic (exact) mass is 298 g/mol. The number of carbonyl (C=O) groups is 1. The molecule has 0 saturated heterocycles. The molecule has 1 aliphatic carbocycles. The van der Waals surface area contributed by atoms with E-state index in [2.05, 4.69) is 38.0 Å². The number of esters is 1. The van der Waals surface area contributed by atoms with Crippen LogP contribution in [0.3, 0.4) is 0 Å². The highest BCUT2D eigenvalue weighted by atomic mass is 16.5. The van der Waals surface area contributed by atoms with E-state index in [0.717, 1.165) is 32.4 Å². The second kappa shape index (κ2) is 8.74. The fraction of sp³-hybridized carbons (Fsp3) is 0.941. The van der Waals surface area contributed by atoms with Gasteiger partial charge in [0.05, 0.1) is 6.61 Å². The van der Waals surface area contributed by atoms with Crippen molar-refractivity contribution in [1.29, 1.82) is 0 Å². The molecule has 1 fully saturated rings. The molecule has 21 heavy (non-hydrogen) atoms. The molecule has 0 aromatic rings. The molecule has 0 spiro atoms. The van der Waals surface area contributed by atoms with Crippen LogP contribution in [0.25, 0.3) is 0 Å². The van der Waals surface area contributed by atoms with E-state index in [4.69, 9.17) is 4.74 Å². The van der Waals surface area contributed by atoms with Gasteiger partial charge in [0.1, 0.15) is 5.54 Å². The summed E-state index contributed by atoms with van der Waals surface area (Å²) in [6.07, 6.45) is 5.23. The third-order valence-corrected chi connectivity index (χ3v) is 4.83. The smallest absolute Gasteiger partial charge is 0.326 e. The molecule has 124 valence electrons. The van der Waals surface area contributed by atoms with Crippen molar-refractivity contribution in [2.24, 2.45) is 5.92 Å². The molecule has 0 radical (unpaired) electrons. The maximum atomic E-state index is 12.5. The maximum Gasteiger partial charge on any atom is 0.326 e. The molecule has 4 heteroatoms. The second-order valence-corrected chi connectivity index (χ2v) is 6.54. The van der Waals surface area contributed by atoms with Crippen molar-refractivity contribution in [3.05, 3.63) is 0 Å². The van der Waals surface area contributed by atoms with E-state index < -0.39 is 5.54 Å². The fourth-order valence-corrected chi connectivity index (χ4v) is 3.42. The van der Waals surface area contributed by atoms with Gasteiger partial charge in [0.2, 0.25) is 0 Å². The minimum Gasteiger partial charge on any atom is -0.465 e. The van der Waals surface area contributed by atoms with Gasteiger partial charge < -0.3 is 15.0 Å². The largest absolute Gasteiger partial charge is 0.465 e. The molecule has 0 bridgehead atoms. The van der Waals surface area contributed by atoms with Crippen LogP contribution in [0.1, 0.15) is 59.8 Å². The van der Waals surface area contributed by atoms with Crippen LogP contribution in [0, 0.1) is 5.92 Å². The summed E-state index contributed by atoms with van der Waals surface area (Å²) in [5.74, 6) is 0.640. The number of nitrogens with one attached hydrogen (secondary N) is 1. The molecule has 1 saturated carbocycles. The summed E-state index contributed by atoms with van der Waals surface area (Å²) in [6.45, 7) is 10.8. The Balaban J connectivity index is 2.75. The van der Waals surface area contributed by atoms with Crippen molar-refractivity contribution < 1.29 is 9.53 Å². The van der Waals surface area contributed by atoms with Gasteiger partial charge in [-0.05, 0) is 52.1 Å². The predicted molar refractivity (Wildman–Crippen MR) is 87.4 cm³/mol. The van der Waals surface area contributed by atoms with Crippen LogP contribution in [0.4, 0.5) is 0 Å². The third-order valence-electron chi connectivity index (χ3n) is 4.83. The van der Waals surface area contributed by atoms with Crippen LogP contribution in [0.5, 0.6) is 0 Å². The Morgan fingerprint density at radius 2 is 2.14 bits per heavy atom. The zero-order valence-electron chi connectivity index (χ0n) is 14.6. The summed E-state index contributed by atoms with van der Waals surface area (Å²) in [4.78, 5) is 14.9. The minimum atomic E-state index is -0.475. The highest BCUT2D eigenvalue weighted by molar-refractivity contribution is 5.81. The summed E-state index contributed by atoms with van der Waals surface area (Å²) in [5, 5.41) is 3.43. The molecule has 1 aliphatic rings. The summed E-state index contributed by atoms with van der Waals surface area (Å²) in [7, 11) is 2.20. The van der Waals surface area contributed by atoms with Crippen molar-refractivity contribution in [1.82, 2.24) is 10.2 Å². The van der Waals surface area contributed by atoms with E-state index in [9.17, 15) is 4.79 Å². The van der Waals surface area contributed by atoms with Crippen LogP contribution in [-0.2, 0) is 9.53 Å². The quantitative estimate of drug-likeness (QED) is 0.700. The Morgan fingerprint density at radius 1 is 1.43 bits per heavy atom. The highest BCUT2D eigenvalue weighted by Gasteiger charge is 2.44. The molecule has 0 aromatic carbocycles. The Morgan fingerprint density at radius 3 is 2.71 bits per heavy atom. The molecule has 0 aliphatic heterocycles. The van der Waals surface area contributed by atoms with Gasteiger partial charge >= 0.3 is 5.97 Å². The standard InChI is InChI=1S/C17H34N2O2/c1-6-14(4)13-19(5)15-10-9-11-17(12-15,18-7-2)16(20)21-8-3/h14-15,18H,6-13H2,1-5H3. The van der Waals surface area contributed by atoms with Crippen LogP contribution in [0.15, 0.2) is 0 Å². The van der Waals surface area contributed by atoms with Crippen molar-refractivity contribution >= 4 is 5.97 Å². The maximum absolute atomic E-state index is 12.5. The number of nitrogens with zero attached hydrogens (tertiary/aromatic N) is 1. The second-order valence-electron chi connectivity index (χ2n) is 6.54. The van der Waals surface area contributed by atoms with Crippen molar-refractivity contribution in [2.75, 3.05) is 26.7 Å². The molecule has 3 atom stereocenters. The summed E-state index contributed by atoms with van der Waals surface area (Å²) >= 11 is 0. The number of rotatable bonds is 8. The number of hydrogen-bond donors (Lipinski definition) is 1. The van der Waals surface area contributed by atoms with Gasteiger partial charge in [-0.25, -0.2) is 0 Å². The zero-order valence-corrected chi connectivity index (χ0v) is 14.6. The Hall–Kier alpha value is -0.610. The lowest BCUT2D eigenvalue weighted by molar-refractivity contribution is -0.153. The van der Waals surface area contributed by atoms with Crippen LogP contribution in [0.2, 0.25) is 0 Å². The Labute approximate surface area is 130 Å². The van der Waals surface area contributed by atoms with Crippen LogP contribution < -0.4 is 5.32 Å². The molecule has 1 N–H and O–H groups in total. The molecular formula is C17H34N2O2. The summed E-state index contributed by atoms with van der Waals surface area (Å²) in [5.41, 5.74) is -0.475. The Kier molecular flexibility index (Phi) is 7.67. The minimum absolute atomic E-state index is 0.0616. The van der Waals surface area contributed by atoms with Crippen LogP contribution >= 0.6 is 0 Å². The molecular weight excluding hydrogens is 264 g/mol. The zero-order chi connectivity index (χ0) is 15.9. The molecule has 1 rings (SSSR count). The predicted octanol–water partition coefficient (Wildman–Crippen LogP) is 2.82. The van der Waals surface area contributed by atoms with Gasteiger partial charge in [0.15, 0.2) is 0 Å². The SMILES string of the molecule is CCNC1(C(=O)OCC)CCCC(N(C)CC(C)CC)C1. The third kappa shape index (κ3) is 4.96. The van der Waals surface area contributed by atoms with E-state index in [1.165, 1.54) is 12.8 Å². The molecule has 0 heterocycles. The average Bonchev–Trinajstić information content (AvgIpc) is 2.47. The van der Waals surface area contributed by atoms with E-state index in [1.807, 2.05) is 6.92 Å². The van der Waals surface area contributed by atoms with Crippen molar-refractivity contribution in [3.8, 4) is 0 Å². The van der Waals surface area contributed by atoms with Gasteiger partial charge in [-0.15, -0.1) is 0 Å². The molecule has 0 aromatic heterocycles. The Bertz CT molecular complexity index is 318. The van der Waals surface area contributed by atoms with E-state index in [1.54, 1.807) is 0 Å². The van der Waals surface area contributed by atoms with Gasteiger partial charge in [-0.3, -0.25) is 4.79 Å². The summed E-state index contributed by atoms with van der Waals surface area (Å²) < 4.78 is 5.35. The first kappa shape index (κ1) is 18.4. The molecule has 3 unspecified atom stereocenters. The lowest BCUT2D eigenvalue weighted by atomic mass is 9.78. The summed E-state index contributed by atoms with van der Waals surface area (Å²) in [6, 6.07) is 0.469. The first-order valence-corrected chi connectivity index (χ1v) is 8.61. The molecule has 0 amide bonds. The number of carbonyl (C=O) groups excluding carboxylic acids is 1. The first-order valence-electron chi connectivity index (χ1n) is 8.61. The number of likely N-dealkylation sites (N-methyl/N-ethyl adjacent to an activating group) is 1. The topological polar surface area (TPSA) is 41.6 Å². The highest BCUT2D eigenvalue weighted by Crippen LogP contribution is 2.32. The van der Waals surface area contributed by atoms with Crippen molar-refractivity contribution in [2.45, 2.75) is 71.4 Å². The van der Waals surface area contributed by atoms with E-state index in [-0.39, 0.29) is 5.97 Å². The van der Waals surface area contributed by atoms with Gasteiger partial charge in [0.25, 0.3) is 0 Å². The van der Waals surface area contributed by atoms with Crippen LogP contribution in [-0.4, -0.2) is 49.2 Å². The number of ether oxygens (including phenoxy) is 1. The lowest BCUT2D eigenvalue weighted by Crippen LogP contribution is -2.58. The molecule has 4 nitrogen and oxygen atoms in total. The van der Waals surface area contributed by atoms with Gasteiger partial charge in [-0.2, -0.15) is 0 Å². The van der Waals surface area contributed by atoms with E-state index in [0.29, 0.717) is 18.6 Å². The first-order chi connectivity index (χ1) is 9.99. The lowest BCUT2D eigenvalue weighted by Gasteiger charge is -2.43. The van der Waals surface area contributed by atoms with Gasteiger partial charge in [0, 0.05) is 12.6 Å². The van der Waals surface area contributed by atoms with Gasteiger partial charge in [-0.1, -0.05) is 27.2 Å². The normalized spacial score (nSPS) is 27.6. The number of hydrogen-bond acceptors (Lipinski definition) is 4. The average molecular weight is 298 g/mol. The van der Waals surface area contributed by atoms with Crippen molar-refractivity contribution in [3.63, 3.8) is 0 Å². The fourth-order valence-electron chi connectivity index (χ4n) is 3.42.